The molecule has 0 radical (unpaired) electrons. The number of anilines is 1. The molecule has 1 atom stereocenters. The molecule has 2 aromatic rings. The smallest absolute Gasteiger partial charge is 0.248 e. The van der Waals surface area contributed by atoms with Crippen LogP contribution in [0.2, 0.25) is 0 Å². The highest BCUT2D eigenvalue weighted by atomic mass is 32.2. The van der Waals surface area contributed by atoms with Gasteiger partial charge in [0.2, 0.25) is 15.9 Å². The minimum absolute atomic E-state index is 0.0389. The van der Waals surface area contributed by atoms with Crippen LogP contribution >= 0.6 is 0 Å². The van der Waals surface area contributed by atoms with Gasteiger partial charge in [0, 0.05) is 39.5 Å². The number of methoxy groups -OCH3 is 1. The van der Waals surface area contributed by atoms with E-state index in [2.05, 4.69) is 10.5 Å². The Morgan fingerprint density at radius 2 is 2.09 bits per heavy atom. The Hall–Kier alpha value is -2.85. The molecule has 9 nitrogen and oxygen atoms in total. The van der Waals surface area contributed by atoms with Crippen LogP contribution in [0, 0.1) is 19.8 Å². The molecule has 1 saturated heterocycles. The van der Waals surface area contributed by atoms with E-state index in [0.717, 1.165) is 5.56 Å². The highest BCUT2D eigenvalue weighted by Crippen LogP contribution is 2.31. The summed E-state index contributed by atoms with van der Waals surface area (Å²) in [5, 5.41) is 6.75. The number of hydrogen-bond acceptors (Lipinski definition) is 7. The van der Waals surface area contributed by atoms with Crippen LogP contribution < -0.4 is 10.1 Å². The fourth-order valence-corrected chi connectivity index (χ4v) is 5.45. The molecular formula is C22H30N4O5S. The highest BCUT2D eigenvalue weighted by molar-refractivity contribution is 7.89. The van der Waals surface area contributed by atoms with E-state index in [4.69, 9.17) is 9.26 Å². The van der Waals surface area contributed by atoms with Crippen molar-refractivity contribution in [1.82, 2.24) is 14.4 Å². The molecule has 1 N–H and O–H groups in total. The number of ether oxygens (including phenoxy) is 1. The molecule has 1 aromatic carbocycles. The van der Waals surface area contributed by atoms with Crippen molar-refractivity contribution in [2.75, 3.05) is 39.6 Å². The number of benzene rings is 1. The molecule has 10 heteroatoms. The van der Waals surface area contributed by atoms with Crippen molar-refractivity contribution < 1.29 is 22.5 Å². The average molecular weight is 463 g/mol. The van der Waals surface area contributed by atoms with Gasteiger partial charge in [-0.15, -0.1) is 0 Å². The molecule has 1 aromatic heterocycles. The van der Waals surface area contributed by atoms with E-state index in [1.165, 1.54) is 4.31 Å². The van der Waals surface area contributed by atoms with Gasteiger partial charge in [-0.25, -0.2) is 8.42 Å². The third kappa shape index (κ3) is 5.13. The zero-order chi connectivity index (χ0) is 23.5. The quantitative estimate of drug-likeness (QED) is 0.674. The summed E-state index contributed by atoms with van der Waals surface area (Å²) in [7, 11) is 1.31. The summed E-state index contributed by atoms with van der Waals surface area (Å²) in [5.41, 5.74) is 1.85. The molecule has 0 spiro atoms. The van der Waals surface area contributed by atoms with E-state index in [1.54, 1.807) is 37.3 Å². The molecule has 1 aliphatic heterocycles. The van der Waals surface area contributed by atoms with Gasteiger partial charge in [-0.05, 0) is 44.4 Å². The largest absolute Gasteiger partial charge is 0.495 e. The van der Waals surface area contributed by atoms with Crippen molar-refractivity contribution in [3.8, 4) is 5.75 Å². The van der Waals surface area contributed by atoms with Crippen LogP contribution in [0.25, 0.3) is 6.08 Å². The minimum atomic E-state index is -3.88. The Morgan fingerprint density at radius 1 is 1.34 bits per heavy atom. The van der Waals surface area contributed by atoms with Crippen LogP contribution in [0.3, 0.4) is 0 Å². The molecule has 0 bridgehead atoms. The normalized spacial score (nSPS) is 17.5. The van der Waals surface area contributed by atoms with Crippen molar-refractivity contribution in [2.45, 2.75) is 31.6 Å². The maximum atomic E-state index is 13.4. The summed E-state index contributed by atoms with van der Waals surface area (Å²) >= 11 is 0. The van der Waals surface area contributed by atoms with Gasteiger partial charge in [0.15, 0.2) is 10.7 Å². The molecule has 0 saturated carbocycles. The number of nitrogens with one attached hydrogen (secondary N) is 1. The zero-order valence-corrected chi connectivity index (χ0v) is 19.9. The van der Waals surface area contributed by atoms with Gasteiger partial charge in [-0.1, -0.05) is 11.2 Å². The van der Waals surface area contributed by atoms with Gasteiger partial charge in [-0.3, -0.25) is 4.79 Å². The molecular weight excluding hydrogens is 432 g/mol. The predicted octanol–water partition coefficient (Wildman–Crippen LogP) is 2.87. The summed E-state index contributed by atoms with van der Waals surface area (Å²) in [5.74, 6) is 0.0159. The lowest BCUT2D eigenvalue weighted by Gasteiger charge is -2.31. The van der Waals surface area contributed by atoms with E-state index in [0.29, 0.717) is 36.5 Å². The summed E-state index contributed by atoms with van der Waals surface area (Å²) < 4.78 is 38.8. The Bertz CT molecular complexity index is 1110. The van der Waals surface area contributed by atoms with E-state index in [9.17, 15) is 13.2 Å². The first-order valence-electron chi connectivity index (χ1n) is 10.4. The predicted molar refractivity (Wildman–Crippen MR) is 122 cm³/mol. The summed E-state index contributed by atoms with van der Waals surface area (Å²) in [6, 6.07) is 5.52. The van der Waals surface area contributed by atoms with Crippen LogP contribution in [-0.4, -0.2) is 63.0 Å². The van der Waals surface area contributed by atoms with E-state index >= 15 is 0 Å². The summed E-state index contributed by atoms with van der Waals surface area (Å²) in [4.78, 5) is 14.8. The maximum absolute atomic E-state index is 13.4. The van der Waals surface area contributed by atoms with Crippen LogP contribution in [0.1, 0.15) is 29.9 Å². The Morgan fingerprint density at radius 3 is 2.78 bits per heavy atom. The second-order valence-corrected chi connectivity index (χ2v) is 10.0. The minimum Gasteiger partial charge on any atom is -0.495 e. The van der Waals surface area contributed by atoms with Crippen molar-refractivity contribution in [1.29, 1.82) is 0 Å². The number of sulfonamides is 1. The fourth-order valence-electron chi connectivity index (χ4n) is 3.67. The fraction of sp³-hybridized carbons (Fsp3) is 0.455. The standard InChI is InChI=1S/C22H30N4O5S/c1-15-8-9-19(30-5)18(13-15)23-22(27)17-7-6-11-26(14-17)32(28,29)21-16(2)24-31-20(21)10-12-25(3)4/h8-10,12-13,17H,6-7,11,14H2,1-5H3,(H,23,27)/b12-10+. The highest BCUT2D eigenvalue weighted by Gasteiger charge is 2.37. The second-order valence-electron chi connectivity index (χ2n) is 8.14. The van der Waals surface area contributed by atoms with Crippen molar-refractivity contribution in [3.63, 3.8) is 0 Å². The number of hydrogen-bond donors (Lipinski definition) is 1. The second kappa shape index (κ2) is 9.74. The lowest BCUT2D eigenvalue weighted by atomic mass is 9.98. The van der Waals surface area contributed by atoms with Gasteiger partial charge >= 0.3 is 0 Å². The van der Waals surface area contributed by atoms with Gasteiger partial charge in [-0.2, -0.15) is 4.31 Å². The van der Waals surface area contributed by atoms with Gasteiger partial charge < -0.3 is 19.5 Å². The molecule has 0 aliphatic carbocycles. The molecule has 1 amide bonds. The lowest BCUT2D eigenvalue weighted by Crippen LogP contribution is -2.44. The van der Waals surface area contributed by atoms with Crippen LogP contribution in [0.4, 0.5) is 5.69 Å². The molecule has 1 fully saturated rings. The number of amides is 1. The number of piperidine rings is 1. The lowest BCUT2D eigenvalue weighted by molar-refractivity contribution is -0.120. The maximum Gasteiger partial charge on any atom is 0.248 e. The molecule has 32 heavy (non-hydrogen) atoms. The number of aromatic nitrogens is 1. The first-order valence-corrected chi connectivity index (χ1v) is 11.8. The summed E-state index contributed by atoms with van der Waals surface area (Å²) in [6.07, 6.45) is 4.45. The Labute approximate surface area is 189 Å². The zero-order valence-electron chi connectivity index (χ0n) is 19.1. The van der Waals surface area contributed by atoms with Crippen LogP contribution in [-0.2, 0) is 14.8 Å². The Kier molecular flexibility index (Phi) is 7.25. The third-order valence-electron chi connectivity index (χ3n) is 5.32. The molecule has 174 valence electrons. The topological polar surface area (TPSA) is 105 Å². The van der Waals surface area contributed by atoms with Crippen LogP contribution in [0.15, 0.2) is 33.8 Å². The van der Waals surface area contributed by atoms with E-state index in [1.807, 2.05) is 33.2 Å². The number of nitrogens with zero attached hydrogens (tertiary/aromatic N) is 3. The van der Waals surface area contributed by atoms with Gasteiger partial charge in [0.1, 0.15) is 11.4 Å². The van der Waals surface area contributed by atoms with Gasteiger partial charge in [0.05, 0.1) is 18.7 Å². The monoisotopic (exact) mass is 462 g/mol. The number of rotatable bonds is 7. The Balaban J connectivity index is 1.81. The van der Waals surface area contributed by atoms with Gasteiger partial charge in [0.25, 0.3) is 0 Å². The molecule has 1 unspecified atom stereocenters. The SMILES string of the molecule is COc1ccc(C)cc1NC(=O)C1CCCN(S(=O)(=O)c2c(C)noc2/C=C/N(C)C)C1. The number of aryl methyl sites for hydroxylation is 2. The third-order valence-corrected chi connectivity index (χ3v) is 7.35. The summed E-state index contributed by atoms with van der Waals surface area (Å²) in [6.45, 7) is 3.94. The van der Waals surface area contributed by atoms with Crippen molar-refractivity contribution >= 4 is 27.7 Å². The molecule has 2 heterocycles. The van der Waals surface area contributed by atoms with Crippen molar-refractivity contribution in [3.05, 3.63) is 41.4 Å². The van der Waals surface area contributed by atoms with Crippen LogP contribution in [0.5, 0.6) is 5.75 Å². The van der Waals surface area contributed by atoms with E-state index < -0.39 is 15.9 Å². The first-order chi connectivity index (χ1) is 15.1. The van der Waals surface area contributed by atoms with Crippen molar-refractivity contribution in [2.24, 2.45) is 5.92 Å². The van der Waals surface area contributed by atoms with E-state index in [-0.39, 0.29) is 23.1 Å². The average Bonchev–Trinajstić information content (AvgIpc) is 3.13. The number of carbonyl (C=O) groups is 1. The molecule has 1 aliphatic rings. The first kappa shape index (κ1) is 23.8. The number of carbonyl (C=O) groups excluding carboxylic acids is 1. The molecule has 3 rings (SSSR count).